The molecule has 0 bridgehead atoms. The zero-order valence-electron chi connectivity index (χ0n) is 14.4. The Hall–Kier alpha value is -2.44. The number of hydrogen-bond donors (Lipinski definition) is 0. The molecule has 0 N–H and O–H groups in total. The summed E-state index contributed by atoms with van der Waals surface area (Å²) < 4.78 is 25.6. The Labute approximate surface area is 164 Å². The first-order valence-corrected chi connectivity index (χ1v) is 9.41. The first kappa shape index (κ1) is 17.9. The molecule has 1 saturated heterocycles. The summed E-state index contributed by atoms with van der Waals surface area (Å²) in [5, 5.41) is 0. The number of ether oxygens (including phenoxy) is 1. The van der Waals surface area contributed by atoms with Gasteiger partial charge >= 0.3 is 0 Å². The van der Waals surface area contributed by atoms with Crippen LogP contribution in [0.3, 0.4) is 0 Å². The second-order valence-corrected chi connectivity index (χ2v) is 7.25. The molecule has 0 saturated carbocycles. The molecular weight excluding hydrogens is 413 g/mol. The number of nitrogens with zero attached hydrogens (tertiary/aromatic N) is 1. The lowest BCUT2D eigenvalue weighted by Crippen LogP contribution is -2.42. The molecule has 0 spiro atoms. The molecule has 4 rings (SSSR count). The molecule has 138 valence electrons. The van der Waals surface area contributed by atoms with Gasteiger partial charge in [-0.3, -0.25) is 4.79 Å². The van der Waals surface area contributed by atoms with Crippen LogP contribution in [0.15, 0.2) is 69.6 Å². The van der Waals surface area contributed by atoms with E-state index in [1.165, 1.54) is 12.1 Å². The van der Waals surface area contributed by atoms with Crippen LogP contribution in [0.1, 0.15) is 22.2 Å². The molecule has 27 heavy (non-hydrogen) atoms. The molecule has 1 fully saturated rings. The van der Waals surface area contributed by atoms with Crippen molar-refractivity contribution in [3.8, 4) is 11.3 Å². The molecule has 0 radical (unpaired) electrons. The maximum absolute atomic E-state index is 13.1. The Morgan fingerprint density at radius 2 is 1.78 bits per heavy atom. The Bertz CT molecular complexity index is 937. The summed E-state index contributed by atoms with van der Waals surface area (Å²) in [6, 6.07) is 17.3. The zero-order chi connectivity index (χ0) is 18.8. The minimum Gasteiger partial charge on any atom is -0.451 e. The summed E-state index contributed by atoms with van der Waals surface area (Å²) in [6.45, 7) is 1.45. The highest BCUT2D eigenvalue weighted by Crippen LogP contribution is 2.27. The molecule has 1 amide bonds. The number of carbonyl (C=O) groups is 1. The maximum Gasteiger partial charge on any atom is 0.289 e. The van der Waals surface area contributed by atoms with Crippen molar-refractivity contribution in [2.45, 2.75) is 6.10 Å². The Morgan fingerprint density at radius 1 is 1.04 bits per heavy atom. The number of morpholine rings is 1. The van der Waals surface area contributed by atoms with Gasteiger partial charge in [-0.2, -0.15) is 0 Å². The lowest BCUT2D eigenvalue weighted by molar-refractivity contribution is -0.0237. The van der Waals surface area contributed by atoms with Crippen molar-refractivity contribution < 1.29 is 18.3 Å². The second-order valence-electron chi connectivity index (χ2n) is 6.33. The van der Waals surface area contributed by atoms with Crippen LogP contribution in [-0.2, 0) is 4.74 Å². The smallest absolute Gasteiger partial charge is 0.289 e. The van der Waals surface area contributed by atoms with Crippen LogP contribution in [0.4, 0.5) is 4.39 Å². The average Bonchev–Trinajstić information content (AvgIpc) is 3.19. The quantitative estimate of drug-likeness (QED) is 0.584. The monoisotopic (exact) mass is 429 g/mol. The third kappa shape index (κ3) is 3.96. The van der Waals surface area contributed by atoms with Gasteiger partial charge in [0.1, 0.15) is 17.7 Å². The molecule has 0 aliphatic carbocycles. The first-order valence-electron chi connectivity index (χ1n) is 8.62. The van der Waals surface area contributed by atoms with Crippen LogP contribution in [0.2, 0.25) is 0 Å². The van der Waals surface area contributed by atoms with Crippen molar-refractivity contribution in [3.63, 3.8) is 0 Å². The standard InChI is InChI=1S/C21H17BrFNO3/c22-16-5-1-15(2-6-16)20-13-24(11-12-26-20)21(25)19-10-9-18(27-19)14-3-7-17(23)8-4-14/h1-10,20H,11-13H2. The molecule has 6 heteroatoms. The minimum atomic E-state index is -0.311. The molecule has 4 nitrogen and oxygen atoms in total. The third-order valence-corrected chi connectivity index (χ3v) is 5.07. The van der Waals surface area contributed by atoms with Crippen molar-refractivity contribution in [1.29, 1.82) is 0 Å². The van der Waals surface area contributed by atoms with Crippen LogP contribution in [0, 0.1) is 5.82 Å². The van der Waals surface area contributed by atoms with Crippen LogP contribution in [0.25, 0.3) is 11.3 Å². The average molecular weight is 430 g/mol. The molecule has 1 atom stereocenters. The molecule has 2 heterocycles. The lowest BCUT2D eigenvalue weighted by Gasteiger charge is -2.32. The van der Waals surface area contributed by atoms with E-state index in [4.69, 9.17) is 9.15 Å². The number of hydrogen-bond acceptors (Lipinski definition) is 3. The minimum absolute atomic E-state index is 0.165. The van der Waals surface area contributed by atoms with Crippen LogP contribution in [-0.4, -0.2) is 30.5 Å². The molecule has 1 unspecified atom stereocenters. The topological polar surface area (TPSA) is 42.7 Å². The summed E-state index contributed by atoms with van der Waals surface area (Å²) in [7, 11) is 0. The number of halogens is 2. The summed E-state index contributed by atoms with van der Waals surface area (Å²) >= 11 is 3.42. The van der Waals surface area contributed by atoms with Crippen molar-refractivity contribution in [3.05, 3.63) is 82.3 Å². The molecule has 1 aromatic heterocycles. The van der Waals surface area contributed by atoms with E-state index in [-0.39, 0.29) is 23.6 Å². The van der Waals surface area contributed by atoms with Gasteiger partial charge in [0, 0.05) is 16.6 Å². The van der Waals surface area contributed by atoms with Crippen molar-refractivity contribution in [2.24, 2.45) is 0 Å². The summed E-state index contributed by atoms with van der Waals surface area (Å²) in [6.07, 6.45) is -0.165. The van der Waals surface area contributed by atoms with Gasteiger partial charge in [0.15, 0.2) is 5.76 Å². The summed E-state index contributed by atoms with van der Waals surface area (Å²) in [5.41, 5.74) is 1.76. The van der Waals surface area contributed by atoms with Crippen molar-refractivity contribution >= 4 is 21.8 Å². The predicted molar refractivity (Wildman–Crippen MR) is 103 cm³/mol. The fourth-order valence-electron chi connectivity index (χ4n) is 3.09. The summed E-state index contributed by atoms with van der Waals surface area (Å²) in [5.74, 6) is 0.324. The highest BCUT2D eigenvalue weighted by Gasteiger charge is 2.27. The van der Waals surface area contributed by atoms with E-state index < -0.39 is 0 Å². The first-order chi connectivity index (χ1) is 13.1. The number of furan rings is 1. The van der Waals surface area contributed by atoms with Crippen molar-refractivity contribution in [2.75, 3.05) is 19.7 Å². The van der Waals surface area contributed by atoms with Crippen LogP contribution < -0.4 is 0 Å². The highest BCUT2D eigenvalue weighted by molar-refractivity contribution is 9.10. The Morgan fingerprint density at radius 3 is 2.52 bits per heavy atom. The van der Waals surface area contributed by atoms with Gasteiger partial charge in [0.2, 0.25) is 0 Å². The zero-order valence-corrected chi connectivity index (χ0v) is 16.0. The second kappa shape index (κ2) is 7.66. The Kier molecular flexibility index (Phi) is 5.09. The van der Waals surface area contributed by atoms with Gasteiger partial charge in [-0.05, 0) is 54.1 Å². The highest BCUT2D eigenvalue weighted by atomic mass is 79.9. The number of benzene rings is 2. The maximum atomic E-state index is 13.1. The molecule has 1 aliphatic rings. The van der Waals surface area contributed by atoms with Crippen LogP contribution >= 0.6 is 15.9 Å². The fourth-order valence-corrected chi connectivity index (χ4v) is 3.36. The fraction of sp³-hybridized carbons (Fsp3) is 0.190. The molecule has 1 aliphatic heterocycles. The van der Waals surface area contributed by atoms with E-state index in [0.717, 1.165) is 15.6 Å². The van der Waals surface area contributed by atoms with E-state index in [9.17, 15) is 9.18 Å². The Balaban J connectivity index is 1.49. The lowest BCUT2D eigenvalue weighted by atomic mass is 10.1. The third-order valence-electron chi connectivity index (χ3n) is 4.54. The number of amides is 1. The van der Waals surface area contributed by atoms with Crippen molar-refractivity contribution in [1.82, 2.24) is 4.90 Å². The SMILES string of the molecule is O=C(c1ccc(-c2ccc(F)cc2)o1)N1CCOC(c2ccc(Br)cc2)C1. The van der Waals surface area contributed by atoms with Gasteiger partial charge < -0.3 is 14.1 Å². The van der Waals surface area contributed by atoms with E-state index in [1.54, 1.807) is 29.2 Å². The number of carbonyl (C=O) groups excluding carboxylic acids is 1. The van der Waals surface area contributed by atoms with Gasteiger partial charge in [0.25, 0.3) is 5.91 Å². The molecular formula is C21H17BrFNO3. The van der Waals surface area contributed by atoms with Gasteiger partial charge in [0.05, 0.1) is 13.2 Å². The van der Waals surface area contributed by atoms with E-state index in [0.29, 0.717) is 25.5 Å². The summed E-state index contributed by atoms with van der Waals surface area (Å²) in [4.78, 5) is 14.6. The number of rotatable bonds is 3. The van der Waals surface area contributed by atoms with E-state index in [2.05, 4.69) is 15.9 Å². The van der Waals surface area contributed by atoms with E-state index >= 15 is 0 Å². The van der Waals surface area contributed by atoms with Crippen LogP contribution in [0.5, 0.6) is 0 Å². The predicted octanol–water partition coefficient (Wildman–Crippen LogP) is 5.06. The van der Waals surface area contributed by atoms with E-state index in [1.807, 2.05) is 24.3 Å². The van der Waals surface area contributed by atoms with Gasteiger partial charge in [-0.1, -0.05) is 28.1 Å². The largest absolute Gasteiger partial charge is 0.451 e. The molecule has 2 aromatic carbocycles. The van der Waals surface area contributed by atoms with Gasteiger partial charge in [-0.15, -0.1) is 0 Å². The normalized spacial score (nSPS) is 17.1. The molecule has 3 aromatic rings. The van der Waals surface area contributed by atoms with Gasteiger partial charge in [-0.25, -0.2) is 4.39 Å².